The molecule has 2 atom stereocenters. The van der Waals surface area contributed by atoms with E-state index in [1.165, 1.54) is 14.1 Å². The number of hydrogen-bond donors (Lipinski definition) is 3. The van der Waals surface area contributed by atoms with Crippen molar-refractivity contribution in [2.45, 2.75) is 12.2 Å². The minimum atomic E-state index is -1.85. The molecule has 12 heavy (non-hydrogen) atoms. The van der Waals surface area contributed by atoms with Crippen molar-refractivity contribution in [3.05, 3.63) is 0 Å². The Bertz CT molecular complexity index is 192. The summed E-state index contributed by atoms with van der Waals surface area (Å²) < 4.78 is 0. The summed E-state index contributed by atoms with van der Waals surface area (Å²) in [5.41, 5.74) is 4.66. The molecule has 0 aliphatic rings. The van der Waals surface area contributed by atoms with E-state index in [1.807, 2.05) is 0 Å². The zero-order valence-corrected chi connectivity index (χ0v) is 6.89. The van der Waals surface area contributed by atoms with E-state index in [0.717, 1.165) is 4.90 Å². The van der Waals surface area contributed by atoms with Crippen molar-refractivity contribution in [1.29, 1.82) is 0 Å². The summed E-state index contributed by atoms with van der Waals surface area (Å²) in [6.07, 6.45) is -3.63. The van der Waals surface area contributed by atoms with Crippen LogP contribution in [-0.4, -0.2) is 53.2 Å². The van der Waals surface area contributed by atoms with Crippen LogP contribution in [0.15, 0.2) is 0 Å². The van der Waals surface area contributed by atoms with Crippen LogP contribution in [0.5, 0.6) is 0 Å². The molecule has 0 rings (SSSR count). The van der Waals surface area contributed by atoms with Gasteiger partial charge < -0.3 is 20.8 Å². The number of primary amides is 1. The van der Waals surface area contributed by atoms with Crippen LogP contribution in [0.2, 0.25) is 0 Å². The Hall–Kier alpha value is -1.14. The normalized spacial score (nSPS) is 15.0. The Morgan fingerprint density at radius 1 is 1.25 bits per heavy atom. The SMILES string of the molecule is CN(C)C(=O)C(O)C(O)C(N)=O. The van der Waals surface area contributed by atoms with E-state index in [1.54, 1.807) is 0 Å². The molecular weight excluding hydrogens is 164 g/mol. The molecule has 0 fully saturated rings. The number of amides is 2. The first-order valence-corrected chi connectivity index (χ1v) is 3.24. The Morgan fingerprint density at radius 3 is 1.92 bits per heavy atom. The minimum absolute atomic E-state index is 0.763. The number of nitrogens with two attached hydrogens (primary N) is 1. The summed E-state index contributed by atoms with van der Waals surface area (Å²) in [6, 6.07) is 0. The van der Waals surface area contributed by atoms with Crippen molar-refractivity contribution in [3.63, 3.8) is 0 Å². The molecule has 0 aromatic carbocycles. The predicted molar refractivity (Wildman–Crippen MR) is 39.9 cm³/mol. The van der Waals surface area contributed by atoms with Crippen LogP contribution < -0.4 is 5.73 Å². The van der Waals surface area contributed by atoms with Gasteiger partial charge in [-0.05, 0) is 0 Å². The van der Waals surface area contributed by atoms with E-state index in [9.17, 15) is 9.59 Å². The average Bonchev–Trinajstić information content (AvgIpc) is 2.00. The Labute approximate surface area is 69.6 Å². The first-order chi connectivity index (χ1) is 5.37. The third-order valence-corrected chi connectivity index (χ3v) is 1.28. The van der Waals surface area contributed by atoms with Gasteiger partial charge in [0, 0.05) is 14.1 Å². The third-order valence-electron chi connectivity index (χ3n) is 1.28. The molecule has 6 heteroatoms. The lowest BCUT2D eigenvalue weighted by molar-refractivity contribution is -0.149. The number of hydrogen-bond acceptors (Lipinski definition) is 4. The number of aliphatic hydroxyl groups excluding tert-OH is 2. The minimum Gasteiger partial charge on any atom is -0.380 e. The molecule has 0 aromatic rings. The highest BCUT2D eigenvalue weighted by molar-refractivity contribution is 5.89. The van der Waals surface area contributed by atoms with Gasteiger partial charge >= 0.3 is 0 Å². The number of rotatable bonds is 3. The molecule has 2 amide bonds. The second kappa shape index (κ2) is 4.03. The quantitative estimate of drug-likeness (QED) is 0.434. The summed E-state index contributed by atoms with van der Waals surface area (Å²) >= 11 is 0. The smallest absolute Gasteiger partial charge is 0.254 e. The van der Waals surface area contributed by atoms with Crippen molar-refractivity contribution < 1.29 is 19.8 Å². The topological polar surface area (TPSA) is 104 Å². The van der Waals surface area contributed by atoms with Crippen LogP contribution in [0.25, 0.3) is 0 Å². The van der Waals surface area contributed by atoms with Crippen molar-refractivity contribution in [1.82, 2.24) is 4.90 Å². The van der Waals surface area contributed by atoms with E-state index >= 15 is 0 Å². The molecule has 4 N–H and O–H groups in total. The number of carbonyl (C=O) groups is 2. The molecule has 0 aliphatic carbocycles. The van der Waals surface area contributed by atoms with Gasteiger partial charge in [-0.3, -0.25) is 9.59 Å². The predicted octanol–water partition coefficient (Wildman–Crippen LogP) is -2.72. The zero-order chi connectivity index (χ0) is 9.89. The molecule has 0 radical (unpaired) electrons. The first kappa shape index (κ1) is 10.9. The van der Waals surface area contributed by atoms with Crippen LogP contribution in [-0.2, 0) is 9.59 Å². The van der Waals surface area contributed by atoms with Crippen molar-refractivity contribution in [3.8, 4) is 0 Å². The van der Waals surface area contributed by atoms with Gasteiger partial charge in [0.1, 0.15) is 0 Å². The summed E-state index contributed by atoms with van der Waals surface area (Å²) in [5, 5.41) is 17.8. The molecule has 0 heterocycles. The molecule has 0 aromatic heterocycles. The summed E-state index contributed by atoms with van der Waals surface area (Å²) in [6.45, 7) is 0. The standard InChI is InChI=1S/C6H12N2O4/c1-8(2)6(12)4(10)3(9)5(7)11/h3-4,9-10H,1-2H3,(H2,7,11). The highest BCUT2D eigenvalue weighted by Crippen LogP contribution is 1.96. The highest BCUT2D eigenvalue weighted by atomic mass is 16.3. The molecule has 2 unspecified atom stereocenters. The van der Waals surface area contributed by atoms with Crippen LogP contribution in [0, 0.1) is 0 Å². The van der Waals surface area contributed by atoms with Gasteiger partial charge in [-0.2, -0.15) is 0 Å². The molecule has 0 bridgehead atoms. The summed E-state index contributed by atoms with van der Waals surface area (Å²) in [7, 11) is 2.78. The van der Waals surface area contributed by atoms with Crippen LogP contribution in [0.1, 0.15) is 0 Å². The molecule has 0 saturated heterocycles. The molecule has 6 nitrogen and oxygen atoms in total. The Kier molecular flexibility index (Phi) is 3.65. The van der Waals surface area contributed by atoms with Crippen LogP contribution in [0.4, 0.5) is 0 Å². The van der Waals surface area contributed by atoms with Crippen LogP contribution in [0.3, 0.4) is 0 Å². The van der Waals surface area contributed by atoms with Gasteiger partial charge in [0.25, 0.3) is 5.91 Å². The zero-order valence-electron chi connectivity index (χ0n) is 6.89. The first-order valence-electron chi connectivity index (χ1n) is 3.24. The molecular formula is C6H12N2O4. The molecule has 0 aliphatic heterocycles. The van der Waals surface area contributed by atoms with E-state index in [4.69, 9.17) is 10.2 Å². The lowest BCUT2D eigenvalue weighted by atomic mass is 10.2. The van der Waals surface area contributed by atoms with E-state index in [-0.39, 0.29) is 0 Å². The Morgan fingerprint density at radius 2 is 1.67 bits per heavy atom. The number of likely N-dealkylation sites (N-methyl/N-ethyl adjacent to an activating group) is 1. The maximum Gasteiger partial charge on any atom is 0.254 e. The average molecular weight is 176 g/mol. The molecule has 0 saturated carbocycles. The van der Waals surface area contributed by atoms with Crippen molar-refractivity contribution in [2.24, 2.45) is 5.73 Å². The Balaban J connectivity index is 4.29. The second-order valence-corrected chi connectivity index (χ2v) is 2.52. The highest BCUT2D eigenvalue weighted by Gasteiger charge is 2.29. The van der Waals surface area contributed by atoms with E-state index in [0.29, 0.717) is 0 Å². The van der Waals surface area contributed by atoms with Gasteiger partial charge in [-0.1, -0.05) is 0 Å². The van der Waals surface area contributed by atoms with E-state index in [2.05, 4.69) is 5.73 Å². The fourth-order valence-corrected chi connectivity index (χ4v) is 0.555. The molecule has 0 spiro atoms. The number of aliphatic hydroxyl groups is 2. The van der Waals surface area contributed by atoms with Gasteiger partial charge in [0.05, 0.1) is 0 Å². The summed E-state index contributed by atoms with van der Waals surface area (Å²) in [4.78, 5) is 22.3. The van der Waals surface area contributed by atoms with E-state index < -0.39 is 24.0 Å². The lowest BCUT2D eigenvalue weighted by Gasteiger charge is -2.18. The monoisotopic (exact) mass is 176 g/mol. The van der Waals surface area contributed by atoms with Gasteiger partial charge in [-0.15, -0.1) is 0 Å². The number of carbonyl (C=O) groups excluding carboxylic acids is 2. The van der Waals surface area contributed by atoms with Crippen LogP contribution >= 0.6 is 0 Å². The van der Waals surface area contributed by atoms with Gasteiger partial charge in [-0.25, -0.2) is 0 Å². The molecule has 70 valence electrons. The fourth-order valence-electron chi connectivity index (χ4n) is 0.555. The number of nitrogens with zero attached hydrogens (tertiary/aromatic N) is 1. The van der Waals surface area contributed by atoms with Crippen molar-refractivity contribution in [2.75, 3.05) is 14.1 Å². The maximum absolute atomic E-state index is 10.9. The lowest BCUT2D eigenvalue weighted by Crippen LogP contribution is -2.47. The third kappa shape index (κ3) is 2.48. The summed E-state index contributed by atoms with van der Waals surface area (Å²) in [5.74, 6) is -1.89. The second-order valence-electron chi connectivity index (χ2n) is 2.52. The van der Waals surface area contributed by atoms with Gasteiger partial charge in [0.15, 0.2) is 12.2 Å². The largest absolute Gasteiger partial charge is 0.380 e. The van der Waals surface area contributed by atoms with Gasteiger partial charge in [0.2, 0.25) is 5.91 Å². The maximum atomic E-state index is 10.9. The fraction of sp³-hybridized carbons (Fsp3) is 0.667. The van der Waals surface area contributed by atoms with Crippen molar-refractivity contribution >= 4 is 11.8 Å².